The normalized spacial score (nSPS) is 11.2. The predicted octanol–water partition coefficient (Wildman–Crippen LogP) is 2.21. The highest BCUT2D eigenvalue weighted by Gasteiger charge is 1.91. The standard InChI is InChI=1S/C9H14N2/c1-2-3-4-5-9-6-7-10-8-11-9/h6-8H,2-5H2,1H3/i8D. The summed E-state index contributed by atoms with van der Waals surface area (Å²) in [7, 11) is 0. The Morgan fingerprint density at radius 3 is 3.18 bits per heavy atom. The summed E-state index contributed by atoms with van der Waals surface area (Å²) in [5, 5.41) is 0. The lowest BCUT2D eigenvalue weighted by Gasteiger charge is -1.96. The lowest BCUT2D eigenvalue weighted by atomic mass is 10.1. The summed E-state index contributed by atoms with van der Waals surface area (Å²) in [6.07, 6.45) is 6.37. The van der Waals surface area contributed by atoms with E-state index in [-0.39, 0.29) is 6.30 Å². The van der Waals surface area contributed by atoms with Gasteiger partial charge in [-0.1, -0.05) is 19.8 Å². The van der Waals surface area contributed by atoms with E-state index in [0.29, 0.717) is 0 Å². The van der Waals surface area contributed by atoms with Crippen LogP contribution in [0.3, 0.4) is 0 Å². The van der Waals surface area contributed by atoms with Gasteiger partial charge in [0.05, 0.1) is 0 Å². The maximum atomic E-state index is 7.19. The third-order valence-corrected chi connectivity index (χ3v) is 1.63. The van der Waals surface area contributed by atoms with Crippen LogP contribution in [-0.2, 0) is 6.42 Å². The van der Waals surface area contributed by atoms with E-state index in [1.54, 1.807) is 6.20 Å². The summed E-state index contributed by atoms with van der Waals surface area (Å²) in [4.78, 5) is 7.72. The summed E-state index contributed by atoms with van der Waals surface area (Å²) in [6.45, 7) is 2.18. The van der Waals surface area contributed by atoms with Gasteiger partial charge < -0.3 is 0 Å². The molecule has 0 aliphatic rings. The van der Waals surface area contributed by atoms with Gasteiger partial charge in [0.2, 0.25) is 0 Å². The minimum absolute atomic E-state index is 0.129. The second-order valence-electron chi connectivity index (χ2n) is 2.61. The van der Waals surface area contributed by atoms with Crippen LogP contribution in [-0.4, -0.2) is 9.97 Å². The van der Waals surface area contributed by atoms with Crippen molar-refractivity contribution in [3.8, 4) is 0 Å². The van der Waals surface area contributed by atoms with E-state index in [0.717, 1.165) is 18.5 Å². The minimum atomic E-state index is 0.129. The number of unbranched alkanes of at least 4 members (excludes halogenated alkanes) is 2. The maximum absolute atomic E-state index is 7.19. The first-order valence-corrected chi connectivity index (χ1v) is 4.11. The molecule has 1 aromatic heterocycles. The van der Waals surface area contributed by atoms with Crippen LogP contribution < -0.4 is 0 Å². The number of hydrogen-bond acceptors (Lipinski definition) is 2. The number of aryl methyl sites for hydroxylation is 1. The van der Waals surface area contributed by atoms with Crippen molar-refractivity contribution in [2.24, 2.45) is 0 Å². The van der Waals surface area contributed by atoms with Crippen LogP contribution in [0, 0.1) is 0 Å². The molecule has 0 spiro atoms. The molecule has 11 heavy (non-hydrogen) atoms. The van der Waals surface area contributed by atoms with Gasteiger partial charge in [0, 0.05) is 11.9 Å². The lowest BCUT2D eigenvalue weighted by Crippen LogP contribution is -1.89. The smallest absolute Gasteiger partial charge is 0.115 e. The molecule has 1 heterocycles. The zero-order chi connectivity index (χ0) is 8.81. The molecule has 0 fully saturated rings. The van der Waals surface area contributed by atoms with Crippen LogP contribution in [0.4, 0.5) is 0 Å². The highest BCUT2D eigenvalue weighted by molar-refractivity contribution is 4.97. The van der Waals surface area contributed by atoms with Crippen molar-refractivity contribution in [1.29, 1.82) is 0 Å². The van der Waals surface area contributed by atoms with E-state index in [1.807, 2.05) is 6.07 Å². The Morgan fingerprint density at radius 2 is 2.45 bits per heavy atom. The Balaban J connectivity index is 2.41. The minimum Gasteiger partial charge on any atom is -0.245 e. The van der Waals surface area contributed by atoms with Gasteiger partial charge in [0.1, 0.15) is 7.67 Å². The van der Waals surface area contributed by atoms with Crippen LogP contribution in [0.25, 0.3) is 0 Å². The van der Waals surface area contributed by atoms with E-state index in [1.165, 1.54) is 12.8 Å². The fourth-order valence-electron chi connectivity index (χ4n) is 0.982. The first kappa shape index (κ1) is 6.77. The molecule has 0 bridgehead atoms. The van der Waals surface area contributed by atoms with Gasteiger partial charge in [-0.25, -0.2) is 9.97 Å². The van der Waals surface area contributed by atoms with Crippen molar-refractivity contribution in [3.63, 3.8) is 0 Å². The fraction of sp³-hybridized carbons (Fsp3) is 0.556. The average molecular weight is 151 g/mol. The van der Waals surface area contributed by atoms with Crippen molar-refractivity contribution < 1.29 is 1.37 Å². The average Bonchev–Trinajstić information content (AvgIpc) is 2.05. The summed E-state index contributed by atoms with van der Waals surface area (Å²) in [6, 6.07) is 1.88. The van der Waals surface area contributed by atoms with Gasteiger partial charge in [-0.3, -0.25) is 0 Å². The molecule has 0 saturated carbocycles. The van der Waals surface area contributed by atoms with Crippen LogP contribution in [0.1, 0.15) is 33.3 Å². The van der Waals surface area contributed by atoms with Gasteiger partial charge in [-0.05, 0) is 18.9 Å². The summed E-state index contributed by atoms with van der Waals surface area (Å²) >= 11 is 0. The third-order valence-electron chi connectivity index (χ3n) is 1.63. The molecule has 2 nitrogen and oxygen atoms in total. The molecule has 0 atom stereocenters. The maximum Gasteiger partial charge on any atom is 0.115 e. The SMILES string of the molecule is [2H]c1nccc(CCCCC)n1. The number of rotatable bonds is 4. The summed E-state index contributed by atoms with van der Waals surface area (Å²) in [5.74, 6) is 0. The Kier molecular flexibility index (Phi) is 2.97. The molecule has 0 saturated heterocycles. The molecule has 60 valence electrons. The first-order valence-electron chi connectivity index (χ1n) is 4.61. The lowest BCUT2D eigenvalue weighted by molar-refractivity contribution is 0.706. The van der Waals surface area contributed by atoms with Crippen molar-refractivity contribution in [2.45, 2.75) is 32.6 Å². The molecule has 1 aromatic rings. The van der Waals surface area contributed by atoms with Gasteiger partial charge in [-0.15, -0.1) is 0 Å². The largest absolute Gasteiger partial charge is 0.245 e. The molecule has 0 aliphatic carbocycles. The van der Waals surface area contributed by atoms with Crippen molar-refractivity contribution in [2.75, 3.05) is 0 Å². The van der Waals surface area contributed by atoms with Crippen molar-refractivity contribution >= 4 is 0 Å². The van der Waals surface area contributed by atoms with Crippen LogP contribution in [0.5, 0.6) is 0 Å². The predicted molar refractivity (Wildman–Crippen MR) is 45.3 cm³/mol. The molecule has 0 unspecified atom stereocenters. The van der Waals surface area contributed by atoms with E-state index < -0.39 is 0 Å². The number of hydrogen-bond donors (Lipinski definition) is 0. The highest BCUT2D eigenvalue weighted by Crippen LogP contribution is 2.01. The quantitative estimate of drug-likeness (QED) is 0.616. The zero-order valence-electron chi connectivity index (χ0n) is 7.88. The Labute approximate surface area is 69.1 Å². The molecule has 2 heteroatoms. The van der Waals surface area contributed by atoms with Crippen LogP contribution in [0.15, 0.2) is 18.6 Å². The van der Waals surface area contributed by atoms with Gasteiger partial charge in [-0.2, -0.15) is 0 Å². The Bertz CT molecular complexity index is 238. The van der Waals surface area contributed by atoms with Crippen LogP contribution in [0.2, 0.25) is 0 Å². The van der Waals surface area contributed by atoms with Gasteiger partial charge in [0.15, 0.2) is 0 Å². The molecule has 0 amide bonds. The molecule has 0 aliphatic heterocycles. The van der Waals surface area contributed by atoms with Gasteiger partial charge >= 0.3 is 0 Å². The molecule has 0 N–H and O–H groups in total. The molecule has 0 aromatic carbocycles. The second kappa shape index (κ2) is 4.83. The van der Waals surface area contributed by atoms with E-state index in [4.69, 9.17) is 1.37 Å². The van der Waals surface area contributed by atoms with E-state index >= 15 is 0 Å². The molecule has 1 rings (SSSR count). The Hall–Kier alpha value is -0.920. The summed E-state index contributed by atoms with van der Waals surface area (Å²) < 4.78 is 7.19. The fourth-order valence-corrected chi connectivity index (χ4v) is 0.982. The Morgan fingerprint density at radius 1 is 1.55 bits per heavy atom. The number of aromatic nitrogens is 2. The monoisotopic (exact) mass is 151 g/mol. The second-order valence-corrected chi connectivity index (χ2v) is 2.61. The third kappa shape index (κ3) is 3.12. The van der Waals surface area contributed by atoms with E-state index in [9.17, 15) is 0 Å². The van der Waals surface area contributed by atoms with E-state index in [2.05, 4.69) is 16.9 Å². The molecular weight excluding hydrogens is 136 g/mol. The van der Waals surface area contributed by atoms with Gasteiger partial charge in [0.25, 0.3) is 0 Å². The van der Waals surface area contributed by atoms with Crippen molar-refractivity contribution in [1.82, 2.24) is 9.97 Å². The number of nitrogens with zero attached hydrogens (tertiary/aromatic N) is 2. The molecule has 0 radical (unpaired) electrons. The van der Waals surface area contributed by atoms with Crippen LogP contribution >= 0.6 is 0 Å². The topological polar surface area (TPSA) is 25.8 Å². The summed E-state index contributed by atoms with van der Waals surface area (Å²) in [5.41, 5.74) is 0.989. The highest BCUT2D eigenvalue weighted by atomic mass is 14.8. The molecular formula is C9H14N2. The zero-order valence-corrected chi connectivity index (χ0v) is 6.88. The first-order chi connectivity index (χ1) is 5.83. The van der Waals surface area contributed by atoms with Crippen molar-refractivity contribution in [3.05, 3.63) is 24.3 Å².